The molecule has 0 saturated carbocycles. The Kier molecular flexibility index (Phi) is 9.93. The molecule has 0 atom stereocenters. The van der Waals surface area contributed by atoms with Gasteiger partial charge in [0.05, 0.1) is 5.57 Å². The topological polar surface area (TPSA) is 43.4 Å². The fourth-order valence-corrected chi connectivity index (χ4v) is 1.58. The van der Waals surface area contributed by atoms with Crippen LogP contribution in [0.25, 0.3) is 0 Å². The lowest BCUT2D eigenvalue weighted by Crippen LogP contribution is -2.13. The lowest BCUT2D eigenvalue weighted by molar-refractivity contribution is -0.139. The number of ether oxygens (including phenoxy) is 1. The minimum Gasteiger partial charge on any atom is -0.458 e. The molecule has 0 fully saturated rings. The van der Waals surface area contributed by atoms with Gasteiger partial charge in [0.2, 0.25) is 0 Å². The summed E-state index contributed by atoms with van der Waals surface area (Å²) in [5.41, 5.74) is 0.160. The van der Waals surface area contributed by atoms with Crippen molar-refractivity contribution in [1.82, 2.24) is 0 Å². The minimum absolute atomic E-state index is 0.139. The standard InChI is InChI=1S/C15H24O3/c1-4-6-7-8-9-10-11-14(13(3)16)15(17)18-12-5-2/h5,11H,2,4,6-10,12H2,1,3H3/b14-11+. The molecule has 0 spiro atoms. The highest BCUT2D eigenvalue weighted by molar-refractivity contribution is 6.16. The molecule has 0 rings (SSSR count). The van der Waals surface area contributed by atoms with Crippen LogP contribution in [0.4, 0.5) is 0 Å². The predicted molar refractivity (Wildman–Crippen MR) is 73.3 cm³/mol. The van der Waals surface area contributed by atoms with Crippen molar-refractivity contribution < 1.29 is 14.3 Å². The Hall–Kier alpha value is -1.38. The lowest BCUT2D eigenvalue weighted by Gasteiger charge is -2.04. The number of ketones is 1. The molecule has 3 nitrogen and oxygen atoms in total. The van der Waals surface area contributed by atoms with E-state index in [1.165, 1.54) is 32.3 Å². The van der Waals surface area contributed by atoms with Gasteiger partial charge in [-0.3, -0.25) is 4.79 Å². The predicted octanol–water partition coefficient (Wildman–Crippen LogP) is 3.59. The zero-order valence-corrected chi connectivity index (χ0v) is 11.5. The molecule has 0 aliphatic heterocycles. The van der Waals surface area contributed by atoms with E-state index in [9.17, 15) is 9.59 Å². The first-order valence-corrected chi connectivity index (χ1v) is 6.62. The van der Waals surface area contributed by atoms with Crippen LogP contribution in [0.5, 0.6) is 0 Å². The van der Waals surface area contributed by atoms with E-state index in [2.05, 4.69) is 13.5 Å². The zero-order valence-electron chi connectivity index (χ0n) is 11.5. The maximum atomic E-state index is 11.6. The van der Waals surface area contributed by atoms with Crippen molar-refractivity contribution in [3.05, 3.63) is 24.3 Å². The smallest absolute Gasteiger partial charge is 0.341 e. The quantitative estimate of drug-likeness (QED) is 0.149. The summed E-state index contributed by atoms with van der Waals surface area (Å²) in [4.78, 5) is 22.9. The van der Waals surface area contributed by atoms with Gasteiger partial charge in [0.1, 0.15) is 6.61 Å². The SMILES string of the molecule is C=CCOC(=O)/C(=C/CCCCCCC)C(C)=O. The Morgan fingerprint density at radius 1 is 1.17 bits per heavy atom. The molecule has 0 aliphatic carbocycles. The normalized spacial score (nSPS) is 11.1. The van der Waals surface area contributed by atoms with Gasteiger partial charge in [-0.15, -0.1) is 0 Å². The third-order valence-electron chi connectivity index (χ3n) is 2.59. The van der Waals surface area contributed by atoms with Gasteiger partial charge in [0.15, 0.2) is 5.78 Å². The van der Waals surface area contributed by atoms with Crippen LogP contribution in [0, 0.1) is 0 Å². The molecule has 0 saturated heterocycles. The number of carbonyl (C=O) groups is 2. The molecular formula is C15H24O3. The van der Waals surface area contributed by atoms with E-state index < -0.39 is 5.97 Å². The maximum Gasteiger partial charge on any atom is 0.341 e. The van der Waals surface area contributed by atoms with Crippen LogP contribution >= 0.6 is 0 Å². The van der Waals surface area contributed by atoms with Crippen molar-refractivity contribution in [3.63, 3.8) is 0 Å². The van der Waals surface area contributed by atoms with Crippen molar-refractivity contribution in [2.45, 2.75) is 52.4 Å². The maximum absolute atomic E-state index is 11.6. The largest absolute Gasteiger partial charge is 0.458 e. The summed E-state index contributed by atoms with van der Waals surface area (Å²) in [6.45, 7) is 7.16. The first-order chi connectivity index (χ1) is 8.63. The highest BCUT2D eigenvalue weighted by Crippen LogP contribution is 2.09. The second-order valence-corrected chi connectivity index (χ2v) is 4.26. The second kappa shape index (κ2) is 10.8. The van der Waals surface area contributed by atoms with Gasteiger partial charge < -0.3 is 4.74 Å². The fourth-order valence-electron chi connectivity index (χ4n) is 1.58. The number of Topliss-reactive ketones (excluding diaryl/α,β-unsaturated/α-hetero) is 1. The van der Waals surface area contributed by atoms with Crippen LogP contribution in [0.15, 0.2) is 24.3 Å². The zero-order chi connectivity index (χ0) is 13.8. The van der Waals surface area contributed by atoms with Crippen LogP contribution in [0.2, 0.25) is 0 Å². The summed E-state index contributed by atoms with van der Waals surface area (Å²) in [6, 6.07) is 0. The third kappa shape index (κ3) is 7.82. The van der Waals surface area contributed by atoms with Crippen molar-refractivity contribution in [2.75, 3.05) is 6.61 Å². The van der Waals surface area contributed by atoms with Gasteiger partial charge in [-0.2, -0.15) is 0 Å². The van der Waals surface area contributed by atoms with E-state index in [4.69, 9.17) is 4.74 Å². The number of unbranched alkanes of at least 4 members (excludes halogenated alkanes) is 5. The second-order valence-electron chi connectivity index (χ2n) is 4.26. The van der Waals surface area contributed by atoms with Crippen LogP contribution in [0.1, 0.15) is 52.4 Å². The summed E-state index contributed by atoms with van der Waals surface area (Å²) >= 11 is 0. The Balaban J connectivity index is 4.12. The molecule has 0 aromatic heterocycles. The lowest BCUT2D eigenvalue weighted by atomic mass is 10.1. The Morgan fingerprint density at radius 3 is 2.39 bits per heavy atom. The van der Waals surface area contributed by atoms with Crippen LogP contribution in [-0.2, 0) is 14.3 Å². The fraction of sp³-hybridized carbons (Fsp3) is 0.600. The number of hydrogen-bond donors (Lipinski definition) is 0. The van der Waals surface area contributed by atoms with E-state index in [0.29, 0.717) is 0 Å². The third-order valence-corrected chi connectivity index (χ3v) is 2.59. The van der Waals surface area contributed by atoms with Crippen LogP contribution < -0.4 is 0 Å². The van der Waals surface area contributed by atoms with Gasteiger partial charge in [-0.05, 0) is 19.8 Å². The Morgan fingerprint density at radius 2 is 1.83 bits per heavy atom. The average molecular weight is 252 g/mol. The number of carbonyl (C=O) groups excluding carboxylic acids is 2. The first-order valence-electron chi connectivity index (χ1n) is 6.62. The highest BCUT2D eigenvalue weighted by atomic mass is 16.5. The van der Waals surface area contributed by atoms with E-state index in [0.717, 1.165) is 19.3 Å². The summed E-state index contributed by atoms with van der Waals surface area (Å²) in [6.07, 6.45) is 9.73. The number of rotatable bonds is 10. The summed E-state index contributed by atoms with van der Waals surface area (Å²) in [7, 11) is 0. The van der Waals surface area contributed by atoms with Crippen LogP contribution in [-0.4, -0.2) is 18.4 Å². The molecular weight excluding hydrogens is 228 g/mol. The van der Waals surface area contributed by atoms with Crippen molar-refractivity contribution in [3.8, 4) is 0 Å². The summed E-state index contributed by atoms with van der Waals surface area (Å²) in [5.74, 6) is -0.784. The van der Waals surface area contributed by atoms with Crippen LogP contribution in [0.3, 0.4) is 0 Å². The molecule has 0 aromatic carbocycles. The molecule has 18 heavy (non-hydrogen) atoms. The molecule has 0 amide bonds. The minimum atomic E-state index is -0.545. The van der Waals surface area contributed by atoms with Gasteiger partial charge in [-0.1, -0.05) is 51.3 Å². The van der Waals surface area contributed by atoms with Gasteiger partial charge in [-0.25, -0.2) is 4.79 Å². The Labute approximate surface area is 110 Å². The van der Waals surface area contributed by atoms with Crippen molar-refractivity contribution >= 4 is 11.8 Å². The molecule has 0 heterocycles. The van der Waals surface area contributed by atoms with E-state index in [-0.39, 0.29) is 18.0 Å². The summed E-state index contributed by atoms with van der Waals surface area (Å²) in [5, 5.41) is 0. The first kappa shape index (κ1) is 16.6. The molecule has 0 aliphatic rings. The summed E-state index contributed by atoms with van der Waals surface area (Å²) < 4.78 is 4.86. The molecule has 3 heteroatoms. The number of hydrogen-bond acceptors (Lipinski definition) is 3. The van der Waals surface area contributed by atoms with Gasteiger partial charge >= 0.3 is 5.97 Å². The monoisotopic (exact) mass is 252 g/mol. The average Bonchev–Trinajstić information content (AvgIpc) is 2.34. The highest BCUT2D eigenvalue weighted by Gasteiger charge is 2.14. The number of esters is 1. The van der Waals surface area contributed by atoms with E-state index in [1.807, 2.05) is 0 Å². The molecule has 102 valence electrons. The molecule has 0 bridgehead atoms. The van der Waals surface area contributed by atoms with Gasteiger partial charge in [0, 0.05) is 0 Å². The molecule has 0 radical (unpaired) electrons. The Bertz CT molecular complexity index is 303. The van der Waals surface area contributed by atoms with Crippen molar-refractivity contribution in [1.29, 1.82) is 0 Å². The van der Waals surface area contributed by atoms with E-state index >= 15 is 0 Å². The molecule has 0 N–H and O–H groups in total. The van der Waals surface area contributed by atoms with Crippen molar-refractivity contribution in [2.24, 2.45) is 0 Å². The van der Waals surface area contributed by atoms with E-state index in [1.54, 1.807) is 6.08 Å². The van der Waals surface area contributed by atoms with Gasteiger partial charge in [0.25, 0.3) is 0 Å². The number of allylic oxidation sites excluding steroid dienone is 1. The molecule has 0 unspecified atom stereocenters. The molecule has 0 aromatic rings.